The molecule has 0 aliphatic carbocycles. The molecule has 1 amide bonds. The van der Waals surface area contributed by atoms with E-state index in [2.05, 4.69) is 0 Å². The van der Waals surface area contributed by atoms with Crippen LogP contribution in [0.3, 0.4) is 0 Å². The van der Waals surface area contributed by atoms with Crippen LogP contribution < -0.4 is 0 Å². The fourth-order valence-electron chi connectivity index (χ4n) is 1.76. The van der Waals surface area contributed by atoms with Crippen molar-refractivity contribution >= 4 is 15.7 Å². The Morgan fingerprint density at radius 3 is 2.21 bits per heavy atom. The monoisotopic (exact) mass is 219 g/mol. The Labute approximate surface area is 85.2 Å². The minimum atomic E-state index is -2.92. The molecule has 0 aromatic carbocycles. The Balaban J connectivity index is 2.51. The standard InChI is InChI=1S/C9H17NO3S/c1-3-9(11)10-6-4-8(5-7-10)14(2,12)13/h8H,3-7H2,1-2H3. The Bertz CT molecular complexity index is 302. The number of carbonyl (C=O) groups excluding carboxylic acids is 1. The molecule has 1 aliphatic heterocycles. The van der Waals surface area contributed by atoms with E-state index in [1.54, 1.807) is 4.90 Å². The third-order valence-electron chi connectivity index (χ3n) is 2.70. The van der Waals surface area contributed by atoms with Crippen molar-refractivity contribution in [1.29, 1.82) is 0 Å². The molecule has 1 heterocycles. The lowest BCUT2D eigenvalue weighted by Gasteiger charge is -2.30. The lowest BCUT2D eigenvalue weighted by molar-refractivity contribution is -0.131. The van der Waals surface area contributed by atoms with Crippen molar-refractivity contribution in [2.45, 2.75) is 31.4 Å². The summed E-state index contributed by atoms with van der Waals surface area (Å²) >= 11 is 0. The van der Waals surface area contributed by atoms with Gasteiger partial charge in [0, 0.05) is 25.8 Å². The molecule has 5 heteroatoms. The molecule has 14 heavy (non-hydrogen) atoms. The van der Waals surface area contributed by atoms with Gasteiger partial charge >= 0.3 is 0 Å². The van der Waals surface area contributed by atoms with Crippen molar-refractivity contribution in [2.75, 3.05) is 19.3 Å². The first kappa shape index (κ1) is 11.5. The number of sulfone groups is 1. The molecule has 1 rings (SSSR count). The van der Waals surface area contributed by atoms with Gasteiger partial charge in [0.1, 0.15) is 9.84 Å². The quantitative estimate of drug-likeness (QED) is 0.677. The third kappa shape index (κ3) is 2.70. The van der Waals surface area contributed by atoms with E-state index in [-0.39, 0.29) is 11.2 Å². The van der Waals surface area contributed by atoms with Crippen molar-refractivity contribution in [3.63, 3.8) is 0 Å². The summed E-state index contributed by atoms with van der Waals surface area (Å²) in [5.74, 6) is 0.122. The van der Waals surface area contributed by atoms with Gasteiger partial charge in [-0.3, -0.25) is 4.79 Å². The molecule has 0 aromatic heterocycles. The van der Waals surface area contributed by atoms with E-state index in [1.807, 2.05) is 6.92 Å². The van der Waals surface area contributed by atoms with Crippen LogP contribution >= 0.6 is 0 Å². The molecule has 0 N–H and O–H groups in total. The van der Waals surface area contributed by atoms with Crippen molar-refractivity contribution in [3.05, 3.63) is 0 Å². The number of carbonyl (C=O) groups is 1. The molecule has 1 aliphatic rings. The van der Waals surface area contributed by atoms with Gasteiger partial charge in [0.15, 0.2) is 0 Å². The van der Waals surface area contributed by atoms with Gasteiger partial charge in [-0.15, -0.1) is 0 Å². The van der Waals surface area contributed by atoms with Crippen LogP contribution in [0, 0.1) is 0 Å². The topological polar surface area (TPSA) is 54.5 Å². The zero-order valence-electron chi connectivity index (χ0n) is 8.69. The number of nitrogens with zero attached hydrogens (tertiary/aromatic N) is 1. The van der Waals surface area contributed by atoms with Crippen molar-refractivity contribution in [1.82, 2.24) is 4.90 Å². The number of amides is 1. The Hall–Kier alpha value is -0.580. The first-order valence-corrected chi connectivity index (χ1v) is 6.87. The zero-order chi connectivity index (χ0) is 10.8. The van der Waals surface area contributed by atoms with Gasteiger partial charge in [-0.05, 0) is 12.8 Å². The Morgan fingerprint density at radius 1 is 1.36 bits per heavy atom. The average molecular weight is 219 g/mol. The molecule has 0 saturated carbocycles. The molecule has 0 radical (unpaired) electrons. The van der Waals surface area contributed by atoms with Gasteiger partial charge in [-0.1, -0.05) is 6.92 Å². The molecular formula is C9H17NO3S. The van der Waals surface area contributed by atoms with Crippen LogP contribution in [-0.4, -0.2) is 43.8 Å². The van der Waals surface area contributed by atoms with Crippen LogP contribution in [0.5, 0.6) is 0 Å². The lowest BCUT2D eigenvalue weighted by atomic mass is 10.1. The molecule has 0 atom stereocenters. The first-order chi connectivity index (χ1) is 6.45. The molecule has 0 unspecified atom stereocenters. The van der Waals surface area contributed by atoms with Crippen molar-refractivity contribution < 1.29 is 13.2 Å². The Kier molecular flexibility index (Phi) is 3.53. The van der Waals surface area contributed by atoms with Crippen LogP contribution in [0.2, 0.25) is 0 Å². The number of hydrogen-bond donors (Lipinski definition) is 0. The molecular weight excluding hydrogens is 202 g/mol. The van der Waals surface area contributed by atoms with Gasteiger partial charge in [-0.25, -0.2) is 8.42 Å². The maximum Gasteiger partial charge on any atom is 0.222 e. The van der Waals surface area contributed by atoms with Crippen LogP contribution in [0.15, 0.2) is 0 Å². The number of rotatable bonds is 2. The Morgan fingerprint density at radius 2 is 1.86 bits per heavy atom. The molecule has 1 saturated heterocycles. The minimum Gasteiger partial charge on any atom is -0.343 e. The summed E-state index contributed by atoms with van der Waals surface area (Å²) in [6.45, 7) is 3.00. The van der Waals surface area contributed by atoms with E-state index >= 15 is 0 Å². The van der Waals surface area contributed by atoms with Crippen LogP contribution in [0.1, 0.15) is 26.2 Å². The largest absolute Gasteiger partial charge is 0.343 e. The normalized spacial score (nSPS) is 19.7. The predicted octanol–water partition coefficient (Wildman–Crippen LogP) is 0.432. The summed E-state index contributed by atoms with van der Waals surface area (Å²) in [4.78, 5) is 13.1. The number of hydrogen-bond acceptors (Lipinski definition) is 3. The van der Waals surface area contributed by atoms with Gasteiger partial charge in [0.05, 0.1) is 5.25 Å². The highest BCUT2D eigenvalue weighted by molar-refractivity contribution is 7.91. The maximum absolute atomic E-state index is 11.3. The third-order valence-corrected chi connectivity index (χ3v) is 4.39. The smallest absolute Gasteiger partial charge is 0.222 e. The second-order valence-corrected chi connectivity index (χ2v) is 6.09. The molecule has 0 aromatic rings. The highest BCUT2D eigenvalue weighted by Crippen LogP contribution is 2.17. The fourth-order valence-corrected chi connectivity index (χ4v) is 2.82. The average Bonchev–Trinajstić information content (AvgIpc) is 2.15. The summed E-state index contributed by atoms with van der Waals surface area (Å²) in [5, 5.41) is -0.247. The zero-order valence-corrected chi connectivity index (χ0v) is 9.51. The van der Waals surface area contributed by atoms with E-state index in [4.69, 9.17) is 0 Å². The molecule has 4 nitrogen and oxygen atoms in total. The van der Waals surface area contributed by atoms with Crippen molar-refractivity contribution in [2.24, 2.45) is 0 Å². The van der Waals surface area contributed by atoms with Gasteiger partial charge in [0.25, 0.3) is 0 Å². The molecule has 0 spiro atoms. The highest BCUT2D eigenvalue weighted by Gasteiger charge is 2.27. The summed E-state index contributed by atoms with van der Waals surface area (Å²) in [6, 6.07) is 0. The van der Waals surface area contributed by atoms with E-state index in [1.165, 1.54) is 6.26 Å². The lowest BCUT2D eigenvalue weighted by Crippen LogP contribution is -2.41. The van der Waals surface area contributed by atoms with Gasteiger partial charge in [-0.2, -0.15) is 0 Å². The van der Waals surface area contributed by atoms with Gasteiger partial charge in [0.2, 0.25) is 5.91 Å². The summed E-state index contributed by atoms with van der Waals surface area (Å²) in [6.07, 6.45) is 2.95. The maximum atomic E-state index is 11.3. The number of piperidine rings is 1. The van der Waals surface area contributed by atoms with E-state index in [0.717, 1.165) is 0 Å². The minimum absolute atomic E-state index is 0.122. The van der Waals surface area contributed by atoms with E-state index in [9.17, 15) is 13.2 Å². The second kappa shape index (κ2) is 4.29. The van der Waals surface area contributed by atoms with Crippen molar-refractivity contribution in [3.8, 4) is 0 Å². The van der Waals surface area contributed by atoms with Gasteiger partial charge < -0.3 is 4.90 Å². The second-order valence-electron chi connectivity index (χ2n) is 3.76. The van der Waals surface area contributed by atoms with Crippen LogP contribution in [-0.2, 0) is 14.6 Å². The number of likely N-dealkylation sites (tertiary alicyclic amines) is 1. The fraction of sp³-hybridized carbons (Fsp3) is 0.889. The first-order valence-electron chi connectivity index (χ1n) is 4.91. The van der Waals surface area contributed by atoms with Crippen LogP contribution in [0.25, 0.3) is 0 Å². The highest BCUT2D eigenvalue weighted by atomic mass is 32.2. The summed E-state index contributed by atoms with van der Waals surface area (Å²) in [5.41, 5.74) is 0. The van der Waals surface area contributed by atoms with Crippen LogP contribution in [0.4, 0.5) is 0 Å². The summed E-state index contributed by atoms with van der Waals surface area (Å²) < 4.78 is 22.5. The molecule has 82 valence electrons. The predicted molar refractivity (Wildman–Crippen MR) is 54.7 cm³/mol. The van der Waals surface area contributed by atoms with E-state index in [0.29, 0.717) is 32.4 Å². The molecule has 1 fully saturated rings. The molecule has 0 bridgehead atoms. The summed E-state index contributed by atoms with van der Waals surface area (Å²) in [7, 11) is -2.92. The van der Waals surface area contributed by atoms with E-state index < -0.39 is 9.84 Å². The SMILES string of the molecule is CCC(=O)N1CCC(S(C)(=O)=O)CC1.